The van der Waals surface area contributed by atoms with Crippen LogP contribution in [0.4, 0.5) is 4.79 Å². The molecule has 16 heavy (non-hydrogen) atoms. The smallest absolute Gasteiger partial charge is 0.408 e. The fraction of sp³-hybridized carbons (Fsp3) is 0.800. The Morgan fingerprint density at radius 3 is 2.12 bits per heavy atom. The van der Waals surface area contributed by atoms with Crippen LogP contribution in [-0.4, -0.2) is 34.9 Å². The summed E-state index contributed by atoms with van der Waals surface area (Å²) < 4.78 is 4.98. The third-order valence-corrected chi connectivity index (χ3v) is 1.89. The van der Waals surface area contributed by atoms with Gasteiger partial charge >= 0.3 is 12.1 Å². The summed E-state index contributed by atoms with van der Waals surface area (Å²) in [7, 11) is 0. The van der Waals surface area contributed by atoms with Crippen molar-refractivity contribution < 1.29 is 19.4 Å². The van der Waals surface area contributed by atoms with E-state index in [-0.39, 0.29) is 13.0 Å². The van der Waals surface area contributed by atoms with Crippen molar-refractivity contribution in [3.05, 3.63) is 0 Å². The van der Waals surface area contributed by atoms with E-state index in [1.54, 1.807) is 20.8 Å². The van der Waals surface area contributed by atoms with E-state index in [0.717, 1.165) is 0 Å². The molecule has 0 saturated carbocycles. The maximum absolute atomic E-state index is 11.4. The maximum atomic E-state index is 11.4. The molecule has 0 aliphatic rings. The monoisotopic (exact) mass is 232 g/mol. The van der Waals surface area contributed by atoms with E-state index >= 15 is 0 Å². The number of rotatable bonds is 4. The van der Waals surface area contributed by atoms with Crippen molar-refractivity contribution in [2.75, 3.05) is 6.54 Å². The third kappa shape index (κ3) is 4.97. The molecule has 1 amide bonds. The third-order valence-electron chi connectivity index (χ3n) is 1.89. The van der Waals surface area contributed by atoms with Gasteiger partial charge in [-0.25, -0.2) is 9.59 Å². The Labute approximate surface area is 95.1 Å². The van der Waals surface area contributed by atoms with E-state index in [4.69, 9.17) is 15.6 Å². The lowest BCUT2D eigenvalue weighted by atomic mass is 9.98. The van der Waals surface area contributed by atoms with Gasteiger partial charge in [-0.15, -0.1) is 0 Å². The lowest BCUT2D eigenvalue weighted by Gasteiger charge is -2.28. The summed E-state index contributed by atoms with van der Waals surface area (Å²) >= 11 is 0. The molecule has 0 aliphatic carbocycles. The van der Waals surface area contributed by atoms with Crippen LogP contribution in [0.25, 0.3) is 0 Å². The highest BCUT2D eigenvalue weighted by molar-refractivity contribution is 5.83. The van der Waals surface area contributed by atoms with Gasteiger partial charge in [-0.1, -0.05) is 0 Å². The number of nitrogens with one attached hydrogen (secondary N) is 1. The summed E-state index contributed by atoms with van der Waals surface area (Å²) in [6.07, 6.45) is -0.618. The first-order chi connectivity index (χ1) is 7.10. The average molecular weight is 232 g/mol. The molecule has 4 N–H and O–H groups in total. The minimum atomic E-state index is -1.39. The minimum Gasteiger partial charge on any atom is -0.480 e. The fourth-order valence-corrected chi connectivity index (χ4v) is 1.04. The molecule has 0 radical (unpaired) electrons. The first-order valence-electron chi connectivity index (χ1n) is 5.05. The molecule has 6 nitrogen and oxygen atoms in total. The molecule has 0 aromatic heterocycles. The van der Waals surface area contributed by atoms with Gasteiger partial charge in [-0.2, -0.15) is 0 Å². The van der Waals surface area contributed by atoms with Crippen LogP contribution in [0.1, 0.15) is 34.1 Å². The molecule has 0 rings (SSSR count). The van der Waals surface area contributed by atoms with Gasteiger partial charge in [0.2, 0.25) is 0 Å². The van der Waals surface area contributed by atoms with Crippen LogP contribution in [-0.2, 0) is 9.53 Å². The standard InChI is InChI=1S/C10H20N2O4/c1-9(2,3)16-8(15)12-10(4,5-6-11)7(13)14/h5-6,11H2,1-4H3,(H,12,15)(H,13,14). The highest BCUT2D eigenvalue weighted by Crippen LogP contribution is 2.12. The Morgan fingerprint density at radius 1 is 1.31 bits per heavy atom. The molecule has 0 heterocycles. The normalized spacial score (nSPS) is 15.1. The number of nitrogens with two attached hydrogens (primary N) is 1. The molecule has 0 aliphatic heterocycles. The Bertz CT molecular complexity index is 272. The van der Waals surface area contributed by atoms with Gasteiger partial charge in [0.05, 0.1) is 0 Å². The first-order valence-corrected chi connectivity index (χ1v) is 5.05. The molecule has 0 aromatic rings. The number of carboxylic acid groups (broad SMARTS) is 1. The summed E-state index contributed by atoms with van der Waals surface area (Å²) in [5, 5.41) is 11.3. The van der Waals surface area contributed by atoms with E-state index in [9.17, 15) is 9.59 Å². The average Bonchev–Trinajstić information content (AvgIpc) is 1.99. The van der Waals surface area contributed by atoms with E-state index in [2.05, 4.69) is 5.32 Å². The van der Waals surface area contributed by atoms with Crippen molar-refractivity contribution in [1.29, 1.82) is 0 Å². The molecular weight excluding hydrogens is 212 g/mol. The Morgan fingerprint density at radius 2 is 1.81 bits per heavy atom. The van der Waals surface area contributed by atoms with Crippen molar-refractivity contribution in [1.82, 2.24) is 5.32 Å². The number of alkyl carbamates (subject to hydrolysis) is 1. The molecule has 0 aromatic carbocycles. The topological polar surface area (TPSA) is 102 Å². The summed E-state index contributed by atoms with van der Waals surface area (Å²) in [5.74, 6) is -1.14. The summed E-state index contributed by atoms with van der Waals surface area (Å²) in [6.45, 7) is 6.67. The lowest BCUT2D eigenvalue weighted by molar-refractivity contribution is -0.144. The predicted molar refractivity (Wildman–Crippen MR) is 59.1 cm³/mol. The van der Waals surface area contributed by atoms with Crippen molar-refractivity contribution in [3.63, 3.8) is 0 Å². The van der Waals surface area contributed by atoms with Crippen molar-refractivity contribution >= 4 is 12.1 Å². The maximum Gasteiger partial charge on any atom is 0.408 e. The van der Waals surface area contributed by atoms with Crippen LogP contribution in [0.15, 0.2) is 0 Å². The second kappa shape index (κ2) is 5.16. The predicted octanol–water partition coefficient (Wildman–Crippen LogP) is 0.703. The number of hydrogen-bond donors (Lipinski definition) is 3. The van der Waals surface area contributed by atoms with Crippen molar-refractivity contribution in [3.8, 4) is 0 Å². The molecule has 0 saturated heterocycles. The summed E-state index contributed by atoms with van der Waals surface area (Å²) in [6, 6.07) is 0. The zero-order valence-corrected chi connectivity index (χ0v) is 10.2. The fourth-order valence-electron chi connectivity index (χ4n) is 1.04. The largest absolute Gasteiger partial charge is 0.480 e. The number of carbonyl (C=O) groups excluding carboxylic acids is 1. The first kappa shape index (κ1) is 14.7. The van der Waals surface area contributed by atoms with Crippen molar-refractivity contribution in [2.24, 2.45) is 5.73 Å². The number of carbonyl (C=O) groups is 2. The number of amides is 1. The second-order valence-corrected chi connectivity index (χ2v) is 4.80. The SMILES string of the molecule is CC(C)(C)OC(=O)NC(C)(CCN)C(=O)O. The molecular formula is C10H20N2O4. The van der Waals surface area contributed by atoms with Crippen LogP contribution in [0.5, 0.6) is 0 Å². The molecule has 6 heteroatoms. The van der Waals surface area contributed by atoms with E-state index < -0.39 is 23.2 Å². The Hall–Kier alpha value is -1.30. The molecule has 0 bridgehead atoms. The quantitative estimate of drug-likeness (QED) is 0.662. The van der Waals surface area contributed by atoms with Crippen molar-refractivity contribution in [2.45, 2.75) is 45.3 Å². The number of carboxylic acids is 1. The molecule has 1 unspecified atom stereocenters. The number of hydrogen-bond acceptors (Lipinski definition) is 4. The molecule has 0 spiro atoms. The van der Waals surface area contributed by atoms with Gasteiger partial charge in [0.25, 0.3) is 0 Å². The zero-order chi connectivity index (χ0) is 13.0. The van der Waals surface area contributed by atoms with Crippen LogP contribution < -0.4 is 11.1 Å². The van der Waals surface area contributed by atoms with Crippen LogP contribution in [0.2, 0.25) is 0 Å². The van der Waals surface area contributed by atoms with Gasteiger partial charge in [0.15, 0.2) is 0 Å². The number of ether oxygens (including phenoxy) is 1. The van der Waals surface area contributed by atoms with Crippen LogP contribution in [0, 0.1) is 0 Å². The highest BCUT2D eigenvalue weighted by Gasteiger charge is 2.35. The molecule has 0 fully saturated rings. The van der Waals surface area contributed by atoms with Crippen LogP contribution >= 0.6 is 0 Å². The lowest BCUT2D eigenvalue weighted by Crippen LogP contribution is -2.54. The molecule has 1 atom stereocenters. The minimum absolute atomic E-state index is 0.140. The summed E-state index contributed by atoms with van der Waals surface area (Å²) in [4.78, 5) is 22.4. The Kier molecular flexibility index (Phi) is 4.74. The van der Waals surface area contributed by atoms with Gasteiger partial charge in [0, 0.05) is 0 Å². The second-order valence-electron chi connectivity index (χ2n) is 4.80. The molecule has 94 valence electrons. The van der Waals surface area contributed by atoms with Gasteiger partial charge < -0.3 is 20.9 Å². The number of aliphatic carboxylic acids is 1. The summed E-state index contributed by atoms with van der Waals surface area (Å²) in [5.41, 5.74) is 3.25. The van der Waals surface area contributed by atoms with E-state index in [1.807, 2.05) is 0 Å². The van der Waals surface area contributed by atoms with Gasteiger partial charge in [0.1, 0.15) is 11.1 Å². The van der Waals surface area contributed by atoms with E-state index in [0.29, 0.717) is 0 Å². The van der Waals surface area contributed by atoms with Crippen LogP contribution in [0.3, 0.4) is 0 Å². The zero-order valence-electron chi connectivity index (χ0n) is 10.2. The highest BCUT2D eigenvalue weighted by atomic mass is 16.6. The van der Waals surface area contributed by atoms with Gasteiger partial charge in [-0.05, 0) is 40.7 Å². The Balaban J connectivity index is 4.53. The van der Waals surface area contributed by atoms with E-state index in [1.165, 1.54) is 6.92 Å². The van der Waals surface area contributed by atoms with Gasteiger partial charge in [-0.3, -0.25) is 0 Å².